The van der Waals surface area contributed by atoms with Crippen LogP contribution in [0.15, 0.2) is 0 Å². The van der Waals surface area contributed by atoms with Gasteiger partial charge >= 0.3 is 0 Å². The predicted octanol–water partition coefficient (Wildman–Crippen LogP) is 2.44. The summed E-state index contributed by atoms with van der Waals surface area (Å²) in [6.45, 7) is 2.03. The van der Waals surface area contributed by atoms with E-state index in [2.05, 4.69) is 6.07 Å². The minimum absolute atomic E-state index is 0.179. The van der Waals surface area contributed by atoms with Crippen molar-refractivity contribution in [3.63, 3.8) is 0 Å². The Labute approximate surface area is 73.6 Å². The van der Waals surface area contributed by atoms with Gasteiger partial charge in [0, 0.05) is 6.42 Å². The maximum absolute atomic E-state index is 11.5. The third-order valence-corrected chi connectivity index (χ3v) is 2.68. The molecule has 66 valence electrons. The molecule has 0 aliphatic heterocycles. The highest BCUT2D eigenvalue weighted by atomic mass is 16.1. The number of carbonyl (C=O) groups is 1. The van der Waals surface area contributed by atoms with Gasteiger partial charge in [0.1, 0.15) is 5.41 Å². The van der Waals surface area contributed by atoms with Crippen LogP contribution in [-0.4, -0.2) is 5.78 Å². The van der Waals surface area contributed by atoms with Crippen LogP contribution in [0.2, 0.25) is 0 Å². The molecule has 0 bridgehead atoms. The van der Waals surface area contributed by atoms with Gasteiger partial charge in [-0.3, -0.25) is 4.79 Å². The summed E-state index contributed by atoms with van der Waals surface area (Å²) in [4.78, 5) is 11.5. The molecule has 1 fully saturated rings. The van der Waals surface area contributed by atoms with Crippen LogP contribution in [-0.2, 0) is 4.79 Å². The molecule has 1 unspecified atom stereocenters. The van der Waals surface area contributed by atoms with E-state index in [4.69, 9.17) is 5.26 Å². The van der Waals surface area contributed by atoms with Gasteiger partial charge in [-0.2, -0.15) is 5.26 Å². The molecule has 1 aliphatic carbocycles. The zero-order valence-corrected chi connectivity index (χ0v) is 7.60. The second kappa shape index (κ2) is 3.71. The van der Waals surface area contributed by atoms with E-state index in [0.29, 0.717) is 6.42 Å². The number of nitriles is 1. The first-order valence-electron chi connectivity index (χ1n) is 4.70. The summed E-state index contributed by atoms with van der Waals surface area (Å²) in [5.41, 5.74) is -0.604. The Bertz CT molecular complexity index is 212. The van der Waals surface area contributed by atoms with E-state index in [1.807, 2.05) is 6.92 Å². The second-order valence-electron chi connectivity index (χ2n) is 3.57. The SMILES string of the molecule is CCCC1(C#N)CCCCC1=O. The molecule has 0 spiro atoms. The van der Waals surface area contributed by atoms with Crippen LogP contribution in [0, 0.1) is 16.7 Å². The van der Waals surface area contributed by atoms with Crippen molar-refractivity contribution in [2.24, 2.45) is 5.41 Å². The van der Waals surface area contributed by atoms with E-state index in [0.717, 1.165) is 32.1 Å². The largest absolute Gasteiger partial charge is 0.298 e. The molecule has 1 rings (SSSR count). The van der Waals surface area contributed by atoms with Crippen LogP contribution in [0.4, 0.5) is 0 Å². The van der Waals surface area contributed by atoms with Gasteiger partial charge in [-0.1, -0.05) is 19.8 Å². The van der Waals surface area contributed by atoms with Crippen molar-refractivity contribution in [1.82, 2.24) is 0 Å². The average Bonchev–Trinajstić information content (AvgIpc) is 2.10. The molecule has 1 aliphatic rings. The summed E-state index contributed by atoms with van der Waals surface area (Å²) in [5.74, 6) is 0.179. The van der Waals surface area contributed by atoms with Crippen molar-refractivity contribution in [2.45, 2.75) is 45.4 Å². The Hall–Kier alpha value is -0.840. The molecule has 0 saturated heterocycles. The number of nitrogens with zero attached hydrogens (tertiary/aromatic N) is 1. The Morgan fingerprint density at radius 2 is 2.33 bits per heavy atom. The first-order valence-corrected chi connectivity index (χ1v) is 4.70. The number of hydrogen-bond acceptors (Lipinski definition) is 2. The van der Waals surface area contributed by atoms with Gasteiger partial charge in [-0.05, 0) is 19.3 Å². The lowest BCUT2D eigenvalue weighted by atomic mass is 9.71. The molecule has 0 aromatic carbocycles. The minimum Gasteiger partial charge on any atom is -0.298 e. The summed E-state index contributed by atoms with van der Waals surface area (Å²) >= 11 is 0. The summed E-state index contributed by atoms with van der Waals surface area (Å²) in [6.07, 6.45) is 5.11. The summed E-state index contributed by atoms with van der Waals surface area (Å²) in [6, 6.07) is 2.22. The Balaban J connectivity index is 2.75. The van der Waals surface area contributed by atoms with Crippen LogP contribution in [0.25, 0.3) is 0 Å². The van der Waals surface area contributed by atoms with Crippen LogP contribution >= 0.6 is 0 Å². The molecule has 0 aromatic heterocycles. The molecule has 0 heterocycles. The van der Waals surface area contributed by atoms with Crippen LogP contribution in [0.1, 0.15) is 45.4 Å². The molecule has 0 N–H and O–H groups in total. The first-order chi connectivity index (χ1) is 5.75. The lowest BCUT2D eigenvalue weighted by Crippen LogP contribution is -2.32. The molecule has 12 heavy (non-hydrogen) atoms. The quantitative estimate of drug-likeness (QED) is 0.630. The molecule has 0 amide bonds. The van der Waals surface area contributed by atoms with Gasteiger partial charge in [0.05, 0.1) is 6.07 Å². The fraction of sp³-hybridized carbons (Fsp3) is 0.800. The van der Waals surface area contributed by atoms with Gasteiger partial charge in [0.15, 0.2) is 5.78 Å². The van der Waals surface area contributed by atoms with Crippen molar-refractivity contribution in [1.29, 1.82) is 5.26 Å². The molecule has 0 radical (unpaired) electrons. The van der Waals surface area contributed by atoms with Crippen LogP contribution in [0.3, 0.4) is 0 Å². The molecular formula is C10H15NO. The fourth-order valence-electron chi connectivity index (χ4n) is 1.96. The monoisotopic (exact) mass is 165 g/mol. The maximum Gasteiger partial charge on any atom is 0.153 e. The number of Topliss-reactive ketones (excluding diaryl/α,β-unsaturated/α-hetero) is 1. The molecule has 2 nitrogen and oxygen atoms in total. The number of carbonyl (C=O) groups excluding carboxylic acids is 1. The number of hydrogen-bond donors (Lipinski definition) is 0. The first kappa shape index (κ1) is 9.25. The molecule has 1 atom stereocenters. The topological polar surface area (TPSA) is 40.9 Å². The lowest BCUT2D eigenvalue weighted by molar-refractivity contribution is -0.128. The van der Waals surface area contributed by atoms with E-state index < -0.39 is 5.41 Å². The lowest BCUT2D eigenvalue weighted by Gasteiger charge is -2.28. The molecule has 2 heteroatoms. The molecule has 0 aromatic rings. The molecule has 1 saturated carbocycles. The standard InChI is InChI=1S/C10H15NO/c1-2-6-10(8-11)7-4-3-5-9(10)12/h2-7H2,1H3. The third-order valence-electron chi connectivity index (χ3n) is 2.68. The second-order valence-corrected chi connectivity index (χ2v) is 3.57. The predicted molar refractivity (Wildman–Crippen MR) is 46.4 cm³/mol. The number of rotatable bonds is 2. The maximum atomic E-state index is 11.5. The van der Waals surface area contributed by atoms with E-state index in [1.165, 1.54) is 0 Å². The summed E-state index contributed by atoms with van der Waals surface area (Å²) in [7, 11) is 0. The van der Waals surface area contributed by atoms with E-state index in [1.54, 1.807) is 0 Å². The Morgan fingerprint density at radius 3 is 2.83 bits per heavy atom. The summed E-state index contributed by atoms with van der Waals surface area (Å²) < 4.78 is 0. The highest BCUT2D eigenvalue weighted by molar-refractivity contribution is 5.88. The van der Waals surface area contributed by atoms with Gasteiger partial charge in [0.25, 0.3) is 0 Å². The van der Waals surface area contributed by atoms with Crippen molar-refractivity contribution in [3.05, 3.63) is 0 Å². The number of ketones is 1. The average molecular weight is 165 g/mol. The third kappa shape index (κ3) is 1.50. The summed E-state index contributed by atoms with van der Waals surface area (Å²) in [5, 5.41) is 8.97. The van der Waals surface area contributed by atoms with Gasteiger partial charge in [0.2, 0.25) is 0 Å². The smallest absolute Gasteiger partial charge is 0.153 e. The zero-order valence-electron chi connectivity index (χ0n) is 7.60. The van der Waals surface area contributed by atoms with Crippen LogP contribution < -0.4 is 0 Å². The van der Waals surface area contributed by atoms with Crippen molar-refractivity contribution < 1.29 is 4.79 Å². The highest BCUT2D eigenvalue weighted by Gasteiger charge is 2.38. The van der Waals surface area contributed by atoms with E-state index >= 15 is 0 Å². The Morgan fingerprint density at radius 1 is 1.58 bits per heavy atom. The fourth-order valence-corrected chi connectivity index (χ4v) is 1.96. The van der Waals surface area contributed by atoms with E-state index in [9.17, 15) is 4.79 Å². The van der Waals surface area contributed by atoms with Crippen molar-refractivity contribution >= 4 is 5.78 Å². The Kier molecular flexibility index (Phi) is 2.86. The van der Waals surface area contributed by atoms with Crippen molar-refractivity contribution in [2.75, 3.05) is 0 Å². The minimum atomic E-state index is -0.604. The zero-order chi connectivity index (χ0) is 9.03. The van der Waals surface area contributed by atoms with Gasteiger partial charge in [-0.15, -0.1) is 0 Å². The highest BCUT2D eigenvalue weighted by Crippen LogP contribution is 2.36. The van der Waals surface area contributed by atoms with Gasteiger partial charge < -0.3 is 0 Å². The normalized spacial score (nSPS) is 29.8. The van der Waals surface area contributed by atoms with Gasteiger partial charge in [-0.25, -0.2) is 0 Å². The van der Waals surface area contributed by atoms with Crippen molar-refractivity contribution in [3.8, 4) is 6.07 Å². The van der Waals surface area contributed by atoms with Crippen LogP contribution in [0.5, 0.6) is 0 Å². The molecular weight excluding hydrogens is 150 g/mol. The van der Waals surface area contributed by atoms with E-state index in [-0.39, 0.29) is 5.78 Å².